The number of carbonyl (C=O) groups is 1. The molecule has 1 heterocycles. The molecule has 4 heteroatoms. The number of aryl methyl sites for hydroxylation is 1. The van der Waals surface area contributed by atoms with Crippen molar-refractivity contribution >= 4 is 5.91 Å². The molecule has 0 bridgehead atoms. The van der Waals surface area contributed by atoms with Crippen LogP contribution in [0.4, 0.5) is 0 Å². The van der Waals surface area contributed by atoms with Gasteiger partial charge in [-0.05, 0) is 31.2 Å². The van der Waals surface area contributed by atoms with Crippen LogP contribution < -0.4 is 10.1 Å². The molecule has 4 nitrogen and oxygen atoms in total. The minimum atomic E-state index is -0.0523. The molecule has 0 fully saturated rings. The zero-order chi connectivity index (χ0) is 13.5. The van der Waals surface area contributed by atoms with Crippen LogP contribution in [0.5, 0.6) is 5.75 Å². The smallest absolute Gasteiger partial charge is 0.223 e. The van der Waals surface area contributed by atoms with Gasteiger partial charge in [0.2, 0.25) is 5.91 Å². The van der Waals surface area contributed by atoms with Gasteiger partial charge in [0.1, 0.15) is 11.5 Å². The number of amides is 1. The Hall–Kier alpha value is -2.23. The van der Waals surface area contributed by atoms with Crippen molar-refractivity contribution in [2.24, 2.45) is 0 Å². The molecular formula is C15H17NO3. The molecule has 0 aliphatic rings. The van der Waals surface area contributed by atoms with Crippen LogP contribution in [0.15, 0.2) is 47.1 Å². The van der Waals surface area contributed by atoms with E-state index in [1.165, 1.54) is 5.56 Å². The van der Waals surface area contributed by atoms with Crippen molar-refractivity contribution in [1.29, 1.82) is 0 Å². The van der Waals surface area contributed by atoms with Gasteiger partial charge in [-0.3, -0.25) is 4.79 Å². The van der Waals surface area contributed by atoms with Crippen LogP contribution in [0.1, 0.15) is 17.7 Å². The second kappa shape index (κ2) is 6.64. The van der Waals surface area contributed by atoms with Crippen LogP contribution in [0, 0.1) is 6.92 Å². The molecule has 0 atom stereocenters. The van der Waals surface area contributed by atoms with Gasteiger partial charge in [0, 0.05) is 0 Å². The van der Waals surface area contributed by atoms with Gasteiger partial charge in [0.25, 0.3) is 0 Å². The van der Waals surface area contributed by atoms with E-state index in [4.69, 9.17) is 9.15 Å². The van der Waals surface area contributed by atoms with Gasteiger partial charge in [-0.25, -0.2) is 0 Å². The second-order valence-corrected chi connectivity index (χ2v) is 4.27. The molecule has 1 N–H and O–H groups in total. The number of furan rings is 1. The Morgan fingerprint density at radius 2 is 2.05 bits per heavy atom. The van der Waals surface area contributed by atoms with Crippen LogP contribution in [0.2, 0.25) is 0 Å². The molecule has 0 spiro atoms. The van der Waals surface area contributed by atoms with Crippen molar-refractivity contribution in [3.05, 3.63) is 54.0 Å². The number of carbonyl (C=O) groups excluding carboxylic acids is 1. The molecule has 0 saturated carbocycles. The maximum absolute atomic E-state index is 11.5. The molecule has 0 radical (unpaired) electrons. The Balaban J connectivity index is 1.65. The predicted octanol–water partition coefficient (Wildman–Crippen LogP) is 2.67. The van der Waals surface area contributed by atoms with Crippen molar-refractivity contribution in [1.82, 2.24) is 5.32 Å². The van der Waals surface area contributed by atoms with E-state index in [1.54, 1.807) is 12.3 Å². The normalized spacial score (nSPS) is 10.2. The number of benzene rings is 1. The topological polar surface area (TPSA) is 51.5 Å². The van der Waals surface area contributed by atoms with Crippen LogP contribution >= 0.6 is 0 Å². The van der Waals surface area contributed by atoms with Crippen molar-refractivity contribution in [3.63, 3.8) is 0 Å². The Labute approximate surface area is 112 Å². The molecule has 0 saturated heterocycles. The summed E-state index contributed by atoms with van der Waals surface area (Å²) in [7, 11) is 0. The number of hydrogen-bond donors (Lipinski definition) is 1. The average molecular weight is 259 g/mol. The van der Waals surface area contributed by atoms with E-state index >= 15 is 0 Å². The van der Waals surface area contributed by atoms with Gasteiger partial charge in [0.15, 0.2) is 0 Å². The van der Waals surface area contributed by atoms with Gasteiger partial charge in [-0.2, -0.15) is 0 Å². The third kappa shape index (κ3) is 4.50. The summed E-state index contributed by atoms with van der Waals surface area (Å²) in [5, 5.41) is 2.77. The molecule has 2 rings (SSSR count). The number of hydrogen-bond acceptors (Lipinski definition) is 3. The molecule has 0 unspecified atom stereocenters. The highest BCUT2D eigenvalue weighted by Gasteiger charge is 2.03. The molecule has 0 aliphatic carbocycles. The summed E-state index contributed by atoms with van der Waals surface area (Å²) in [6.07, 6.45) is 1.91. The lowest BCUT2D eigenvalue weighted by molar-refractivity contribution is -0.121. The second-order valence-electron chi connectivity index (χ2n) is 4.27. The highest BCUT2D eigenvalue weighted by Crippen LogP contribution is 2.11. The lowest BCUT2D eigenvalue weighted by Gasteiger charge is -2.06. The van der Waals surface area contributed by atoms with Gasteiger partial charge in [-0.15, -0.1) is 0 Å². The van der Waals surface area contributed by atoms with Crippen molar-refractivity contribution in [2.45, 2.75) is 19.9 Å². The third-order valence-electron chi connectivity index (χ3n) is 2.66. The lowest BCUT2D eigenvalue weighted by Crippen LogP contribution is -2.24. The highest BCUT2D eigenvalue weighted by atomic mass is 16.5. The fraction of sp³-hybridized carbons (Fsp3) is 0.267. The molecule has 19 heavy (non-hydrogen) atoms. The first-order valence-corrected chi connectivity index (χ1v) is 6.22. The van der Waals surface area contributed by atoms with E-state index in [-0.39, 0.29) is 5.91 Å². The lowest BCUT2D eigenvalue weighted by atomic mass is 10.2. The quantitative estimate of drug-likeness (QED) is 0.867. The van der Waals surface area contributed by atoms with Gasteiger partial charge < -0.3 is 14.5 Å². The first kappa shape index (κ1) is 13.2. The van der Waals surface area contributed by atoms with E-state index in [0.29, 0.717) is 19.6 Å². The molecular weight excluding hydrogens is 242 g/mol. The van der Waals surface area contributed by atoms with Gasteiger partial charge in [-0.1, -0.05) is 17.7 Å². The summed E-state index contributed by atoms with van der Waals surface area (Å²) in [5.74, 6) is 1.47. The monoisotopic (exact) mass is 259 g/mol. The van der Waals surface area contributed by atoms with E-state index in [1.807, 2.05) is 37.3 Å². The fourth-order valence-corrected chi connectivity index (χ4v) is 1.58. The Morgan fingerprint density at radius 3 is 2.74 bits per heavy atom. The minimum absolute atomic E-state index is 0.0523. The Kier molecular flexibility index (Phi) is 4.61. The van der Waals surface area contributed by atoms with Crippen LogP contribution in [0.3, 0.4) is 0 Å². The third-order valence-corrected chi connectivity index (χ3v) is 2.66. The minimum Gasteiger partial charge on any atom is -0.493 e. The standard InChI is InChI=1S/C15H17NO3/c1-12-4-6-13(7-5-12)19-10-8-15(17)16-11-14-3-2-9-18-14/h2-7,9H,8,10-11H2,1H3,(H,16,17). The van der Waals surface area contributed by atoms with Crippen LogP contribution in [0.25, 0.3) is 0 Å². The van der Waals surface area contributed by atoms with Crippen molar-refractivity contribution < 1.29 is 13.9 Å². The molecule has 1 aromatic heterocycles. The molecule has 100 valence electrons. The van der Waals surface area contributed by atoms with E-state index in [9.17, 15) is 4.79 Å². The van der Waals surface area contributed by atoms with Crippen molar-refractivity contribution in [3.8, 4) is 5.75 Å². The first-order chi connectivity index (χ1) is 9.24. The molecule has 2 aromatic rings. The number of ether oxygens (including phenoxy) is 1. The summed E-state index contributed by atoms with van der Waals surface area (Å²) in [5.41, 5.74) is 1.18. The van der Waals surface area contributed by atoms with E-state index in [0.717, 1.165) is 11.5 Å². The number of nitrogens with one attached hydrogen (secondary N) is 1. The predicted molar refractivity (Wildman–Crippen MR) is 71.8 cm³/mol. The maximum Gasteiger partial charge on any atom is 0.223 e. The van der Waals surface area contributed by atoms with Gasteiger partial charge in [0.05, 0.1) is 25.8 Å². The first-order valence-electron chi connectivity index (χ1n) is 6.22. The summed E-state index contributed by atoms with van der Waals surface area (Å²) in [6.45, 7) is 2.80. The fourth-order valence-electron chi connectivity index (χ4n) is 1.58. The number of rotatable bonds is 6. The Bertz CT molecular complexity index is 503. The highest BCUT2D eigenvalue weighted by molar-refractivity contribution is 5.75. The molecule has 1 aromatic carbocycles. The maximum atomic E-state index is 11.5. The van der Waals surface area contributed by atoms with E-state index in [2.05, 4.69) is 5.32 Å². The molecule has 0 aliphatic heterocycles. The summed E-state index contributed by atoms with van der Waals surface area (Å²) >= 11 is 0. The van der Waals surface area contributed by atoms with Gasteiger partial charge >= 0.3 is 0 Å². The van der Waals surface area contributed by atoms with Crippen molar-refractivity contribution in [2.75, 3.05) is 6.61 Å². The Morgan fingerprint density at radius 1 is 1.26 bits per heavy atom. The van der Waals surface area contributed by atoms with Crippen LogP contribution in [-0.4, -0.2) is 12.5 Å². The SMILES string of the molecule is Cc1ccc(OCCC(=O)NCc2ccco2)cc1. The average Bonchev–Trinajstić information content (AvgIpc) is 2.92. The zero-order valence-corrected chi connectivity index (χ0v) is 10.9. The largest absolute Gasteiger partial charge is 0.493 e. The zero-order valence-electron chi connectivity index (χ0n) is 10.9. The summed E-state index contributed by atoms with van der Waals surface area (Å²) in [4.78, 5) is 11.5. The van der Waals surface area contributed by atoms with E-state index < -0.39 is 0 Å². The molecule has 1 amide bonds. The summed E-state index contributed by atoms with van der Waals surface area (Å²) < 4.78 is 10.6. The summed E-state index contributed by atoms with van der Waals surface area (Å²) in [6, 6.07) is 11.4. The van der Waals surface area contributed by atoms with Crippen LogP contribution in [-0.2, 0) is 11.3 Å².